The molecule has 0 N–H and O–H groups in total. The Morgan fingerprint density at radius 1 is 1.29 bits per heavy atom. The van der Waals surface area contributed by atoms with Crippen molar-refractivity contribution in [1.29, 1.82) is 0 Å². The van der Waals surface area contributed by atoms with Crippen molar-refractivity contribution in [2.24, 2.45) is 5.41 Å². The molecule has 2 nitrogen and oxygen atoms in total. The maximum absolute atomic E-state index is 6.36. The second kappa shape index (κ2) is 5.33. The molecule has 2 unspecified atom stereocenters. The van der Waals surface area contributed by atoms with Crippen molar-refractivity contribution in [3.63, 3.8) is 0 Å². The molecular formula is C16H19Cl3N2. The van der Waals surface area contributed by atoms with Crippen molar-refractivity contribution in [1.82, 2.24) is 9.55 Å². The highest BCUT2D eigenvalue weighted by atomic mass is 35.5. The molecule has 1 aliphatic carbocycles. The summed E-state index contributed by atoms with van der Waals surface area (Å²) in [6.45, 7) is 6.60. The topological polar surface area (TPSA) is 17.8 Å². The van der Waals surface area contributed by atoms with Gasteiger partial charge in [0.15, 0.2) is 0 Å². The lowest BCUT2D eigenvalue weighted by Gasteiger charge is -2.21. The maximum atomic E-state index is 6.36. The number of hydrogen-bond donors (Lipinski definition) is 0. The summed E-state index contributed by atoms with van der Waals surface area (Å²) in [5.74, 6) is 0.910. The van der Waals surface area contributed by atoms with Gasteiger partial charge in [0.05, 0.1) is 26.5 Å². The van der Waals surface area contributed by atoms with Gasteiger partial charge in [-0.3, -0.25) is 0 Å². The molecule has 1 aromatic carbocycles. The molecule has 0 radical (unpaired) electrons. The SMILES string of the molecule is CC(Cl)c1nc2cc(Cl)c(Cl)cc2n1C1CCC(C)(C)C1. The molecule has 3 rings (SSSR count). The summed E-state index contributed by atoms with van der Waals surface area (Å²) in [6, 6.07) is 4.18. The minimum atomic E-state index is -0.140. The van der Waals surface area contributed by atoms with Crippen LogP contribution in [-0.4, -0.2) is 9.55 Å². The van der Waals surface area contributed by atoms with E-state index in [9.17, 15) is 0 Å². The third-order valence-electron chi connectivity index (χ3n) is 4.42. The van der Waals surface area contributed by atoms with Crippen LogP contribution in [0.3, 0.4) is 0 Å². The average Bonchev–Trinajstić information content (AvgIpc) is 2.90. The fourth-order valence-corrected chi connectivity index (χ4v) is 3.86. The number of alkyl halides is 1. The van der Waals surface area contributed by atoms with Gasteiger partial charge < -0.3 is 4.57 Å². The normalized spacial score (nSPS) is 22.9. The van der Waals surface area contributed by atoms with E-state index in [1.54, 1.807) is 0 Å². The van der Waals surface area contributed by atoms with E-state index >= 15 is 0 Å². The van der Waals surface area contributed by atoms with Gasteiger partial charge in [0.25, 0.3) is 0 Å². The zero-order valence-corrected chi connectivity index (χ0v) is 14.7. The lowest BCUT2D eigenvalue weighted by atomic mass is 9.92. The molecular weight excluding hydrogens is 327 g/mol. The summed E-state index contributed by atoms with van der Waals surface area (Å²) in [5.41, 5.74) is 2.27. The molecule has 1 aromatic heterocycles. The highest BCUT2D eigenvalue weighted by molar-refractivity contribution is 6.42. The Labute approximate surface area is 140 Å². The zero-order chi connectivity index (χ0) is 15.4. The predicted octanol–water partition coefficient (Wildman–Crippen LogP) is 6.39. The smallest absolute Gasteiger partial charge is 0.127 e. The van der Waals surface area contributed by atoms with Crippen molar-refractivity contribution in [3.05, 3.63) is 28.0 Å². The first-order valence-electron chi connectivity index (χ1n) is 7.29. The number of benzene rings is 1. The Morgan fingerprint density at radius 2 is 1.95 bits per heavy atom. The highest BCUT2D eigenvalue weighted by Crippen LogP contribution is 2.46. The molecule has 21 heavy (non-hydrogen) atoms. The molecule has 0 saturated heterocycles. The van der Waals surface area contributed by atoms with Crippen LogP contribution in [0.4, 0.5) is 0 Å². The second-order valence-corrected chi connectivity index (χ2v) is 8.24. The first kappa shape index (κ1) is 15.5. The molecule has 5 heteroatoms. The van der Waals surface area contributed by atoms with Gasteiger partial charge in [-0.1, -0.05) is 37.0 Å². The van der Waals surface area contributed by atoms with Gasteiger partial charge in [-0.25, -0.2) is 4.98 Å². The van der Waals surface area contributed by atoms with Crippen LogP contribution >= 0.6 is 34.8 Å². The summed E-state index contributed by atoms with van der Waals surface area (Å²) < 4.78 is 2.28. The Kier molecular flexibility index (Phi) is 3.92. The van der Waals surface area contributed by atoms with Crippen LogP contribution in [0, 0.1) is 5.41 Å². The van der Waals surface area contributed by atoms with E-state index in [1.807, 2.05) is 19.1 Å². The second-order valence-electron chi connectivity index (χ2n) is 6.77. The van der Waals surface area contributed by atoms with Crippen molar-refractivity contribution >= 4 is 45.8 Å². The molecule has 114 valence electrons. The van der Waals surface area contributed by atoms with E-state index < -0.39 is 0 Å². The number of halogens is 3. The van der Waals surface area contributed by atoms with Crippen molar-refractivity contribution < 1.29 is 0 Å². The fourth-order valence-electron chi connectivity index (χ4n) is 3.39. The van der Waals surface area contributed by atoms with E-state index in [0.717, 1.165) is 29.7 Å². The monoisotopic (exact) mass is 344 g/mol. The summed E-state index contributed by atoms with van der Waals surface area (Å²) in [6.07, 6.45) is 3.50. The minimum absolute atomic E-state index is 0.140. The van der Waals surface area contributed by atoms with Gasteiger partial charge in [-0.15, -0.1) is 11.6 Å². The van der Waals surface area contributed by atoms with Crippen LogP contribution in [0.1, 0.15) is 57.3 Å². The molecule has 1 fully saturated rings. The fraction of sp³-hybridized carbons (Fsp3) is 0.562. The van der Waals surface area contributed by atoms with Crippen LogP contribution in [0.5, 0.6) is 0 Å². The number of hydrogen-bond acceptors (Lipinski definition) is 1. The molecule has 0 amide bonds. The van der Waals surface area contributed by atoms with Crippen molar-refractivity contribution in [2.75, 3.05) is 0 Å². The average molecular weight is 346 g/mol. The van der Waals surface area contributed by atoms with Crippen LogP contribution in [0.15, 0.2) is 12.1 Å². The van der Waals surface area contributed by atoms with Crippen LogP contribution in [0.25, 0.3) is 11.0 Å². The van der Waals surface area contributed by atoms with E-state index in [2.05, 4.69) is 18.4 Å². The zero-order valence-electron chi connectivity index (χ0n) is 12.5. The Bertz CT molecular complexity index is 688. The molecule has 1 saturated carbocycles. The third-order valence-corrected chi connectivity index (χ3v) is 5.34. The molecule has 0 aliphatic heterocycles. The maximum Gasteiger partial charge on any atom is 0.127 e. The number of nitrogens with zero attached hydrogens (tertiary/aromatic N) is 2. The molecule has 1 heterocycles. The van der Waals surface area contributed by atoms with Gasteiger partial charge >= 0.3 is 0 Å². The van der Waals surface area contributed by atoms with Crippen molar-refractivity contribution in [2.45, 2.75) is 51.5 Å². The first-order valence-corrected chi connectivity index (χ1v) is 8.49. The Balaban J connectivity index is 2.19. The number of imidazole rings is 1. The molecule has 2 atom stereocenters. The number of fused-ring (bicyclic) bond motifs is 1. The van der Waals surface area contributed by atoms with Gasteiger partial charge in [0.1, 0.15) is 5.82 Å². The largest absolute Gasteiger partial charge is 0.324 e. The minimum Gasteiger partial charge on any atom is -0.324 e. The van der Waals surface area contributed by atoms with Gasteiger partial charge in [-0.2, -0.15) is 0 Å². The quantitative estimate of drug-likeness (QED) is 0.576. The van der Waals surface area contributed by atoms with Crippen molar-refractivity contribution in [3.8, 4) is 0 Å². The highest BCUT2D eigenvalue weighted by Gasteiger charge is 2.34. The van der Waals surface area contributed by atoms with E-state index in [0.29, 0.717) is 21.5 Å². The predicted molar refractivity (Wildman–Crippen MR) is 90.7 cm³/mol. The van der Waals surface area contributed by atoms with Gasteiger partial charge in [0, 0.05) is 6.04 Å². The standard InChI is InChI=1S/C16H19Cl3N2/c1-9(17)15-20-13-6-11(18)12(19)7-14(13)21(15)10-4-5-16(2,3)8-10/h6-7,9-10H,4-5,8H2,1-3H3. The van der Waals surface area contributed by atoms with E-state index in [1.165, 1.54) is 6.42 Å². The molecule has 0 spiro atoms. The summed E-state index contributed by atoms with van der Waals surface area (Å²) in [4.78, 5) is 4.69. The van der Waals surface area contributed by atoms with E-state index in [4.69, 9.17) is 39.8 Å². The number of rotatable bonds is 2. The summed E-state index contributed by atoms with van der Waals surface area (Å²) >= 11 is 18.7. The first-order chi connectivity index (χ1) is 9.78. The van der Waals surface area contributed by atoms with E-state index in [-0.39, 0.29) is 5.38 Å². The van der Waals surface area contributed by atoms with Crippen LogP contribution < -0.4 is 0 Å². The summed E-state index contributed by atoms with van der Waals surface area (Å²) in [5, 5.41) is 0.962. The Hall–Kier alpha value is -0.440. The lowest BCUT2D eigenvalue weighted by Crippen LogP contribution is -2.12. The van der Waals surface area contributed by atoms with Crippen LogP contribution in [0.2, 0.25) is 10.0 Å². The van der Waals surface area contributed by atoms with Gasteiger partial charge in [0.2, 0.25) is 0 Å². The summed E-state index contributed by atoms with van der Waals surface area (Å²) in [7, 11) is 0. The third kappa shape index (κ3) is 2.78. The van der Waals surface area contributed by atoms with Crippen LogP contribution in [-0.2, 0) is 0 Å². The molecule has 0 bridgehead atoms. The number of aromatic nitrogens is 2. The lowest BCUT2D eigenvalue weighted by molar-refractivity contribution is 0.358. The Morgan fingerprint density at radius 3 is 2.52 bits per heavy atom. The van der Waals surface area contributed by atoms with Gasteiger partial charge in [-0.05, 0) is 43.7 Å². The molecule has 1 aliphatic rings. The molecule has 2 aromatic rings.